The number of aromatic hydroxyl groups is 2. The summed E-state index contributed by atoms with van der Waals surface area (Å²) in [5.74, 6) is 0.306. The van der Waals surface area contributed by atoms with E-state index in [4.69, 9.17) is 4.74 Å². The molecule has 2 aromatic rings. The maximum Gasteiger partial charge on any atom is 0.200 e. The molecule has 0 heterocycles. The van der Waals surface area contributed by atoms with Gasteiger partial charge in [0.05, 0.1) is 17.2 Å². The van der Waals surface area contributed by atoms with Crippen molar-refractivity contribution in [1.29, 1.82) is 0 Å². The molecule has 4 heteroatoms. The highest BCUT2D eigenvalue weighted by Crippen LogP contribution is 2.29. The molecule has 0 unspecified atom stereocenters. The van der Waals surface area contributed by atoms with Crippen molar-refractivity contribution >= 4 is 5.78 Å². The van der Waals surface area contributed by atoms with Crippen LogP contribution in [0.2, 0.25) is 0 Å². The quantitative estimate of drug-likeness (QED) is 0.775. The van der Waals surface area contributed by atoms with E-state index in [0.29, 0.717) is 11.7 Å². The average molecular weight is 328 g/mol. The number of carbonyl (C=O) groups is 1. The van der Waals surface area contributed by atoms with Gasteiger partial charge < -0.3 is 14.9 Å². The molecule has 4 nitrogen and oxygen atoms in total. The first kappa shape index (κ1) is 17.9. The van der Waals surface area contributed by atoms with Gasteiger partial charge in [0.15, 0.2) is 5.78 Å². The Hall–Kier alpha value is -2.49. The van der Waals surface area contributed by atoms with Crippen LogP contribution >= 0.6 is 0 Å². The second kappa shape index (κ2) is 7.39. The van der Waals surface area contributed by atoms with Crippen LogP contribution in [0.1, 0.15) is 49.2 Å². The van der Waals surface area contributed by atoms with E-state index in [1.165, 1.54) is 12.1 Å². The first-order chi connectivity index (χ1) is 11.3. The van der Waals surface area contributed by atoms with E-state index in [9.17, 15) is 15.0 Å². The summed E-state index contributed by atoms with van der Waals surface area (Å²) in [6.45, 7) is 7.95. The van der Waals surface area contributed by atoms with E-state index in [0.717, 1.165) is 12.0 Å². The lowest BCUT2D eigenvalue weighted by atomic mass is 9.97. The number of phenolic OH excluding ortho intramolecular Hbond substituents is 2. The molecule has 0 spiro atoms. The molecule has 0 atom stereocenters. The molecule has 0 aliphatic rings. The van der Waals surface area contributed by atoms with E-state index in [2.05, 4.69) is 13.8 Å². The predicted molar refractivity (Wildman–Crippen MR) is 94.0 cm³/mol. The molecule has 2 rings (SSSR count). The van der Waals surface area contributed by atoms with Crippen LogP contribution in [0.4, 0.5) is 0 Å². The predicted octanol–water partition coefficient (Wildman–Crippen LogP) is 4.31. The van der Waals surface area contributed by atoms with E-state index >= 15 is 0 Å². The number of benzene rings is 2. The molecule has 0 amide bonds. The summed E-state index contributed by atoms with van der Waals surface area (Å²) in [5.41, 5.74) is 1.29. The van der Waals surface area contributed by atoms with Gasteiger partial charge in [-0.2, -0.15) is 0 Å². The molecular weight excluding hydrogens is 304 g/mol. The molecule has 128 valence electrons. The monoisotopic (exact) mass is 328 g/mol. The maximum atomic E-state index is 12.6. The van der Waals surface area contributed by atoms with Gasteiger partial charge in [-0.05, 0) is 56.0 Å². The summed E-state index contributed by atoms with van der Waals surface area (Å²) in [5, 5.41) is 20.3. The molecular formula is C20H24O4. The van der Waals surface area contributed by atoms with Crippen LogP contribution in [0.15, 0.2) is 36.4 Å². The van der Waals surface area contributed by atoms with Crippen LogP contribution in [-0.2, 0) is 6.42 Å². The fourth-order valence-electron chi connectivity index (χ4n) is 2.56. The molecule has 0 aliphatic heterocycles. The van der Waals surface area contributed by atoms with Gasteiger partial charge in [-0.15, -0.1) is 0 Å². The molecule has 0 saturated heterocycles. The number of ketones is 1. The lowest BCUT2D eigenvalue weighted by molar-refractivity contribution is 0.103. The van der Waals surface area contributed by atoms with E-state index < -0.39 is 5.78 Å². The Morgan fingerprint density at radius 1 is 0.958 bits per heavy atom. The number of hydrogen-bond donors (Lipinski definition) is 2. The summed E-state index contributed by atoms with van der Waals surface area (Å²) in [4.78, 5) is 12.6. The summed E-state index contributed by atoms with van der Waals surface area (Å²) < 4.78 is 5.49. The smallest absolute Gasteiger partial charge is 0.200 e. The van der Waals surface area contributed by atoms with Gasteiger partial charge in [-0.25, -0.2) is 0 Å². The van der Waals surface area contributed by atoms with Crippen molar-refractivity contribution in [2.75, 3.05) is 0 Å². The zero-order valence-corrected chi connectivity index (χ0v) is 14.5. The van der Waals surface area contributed by atoms with E-state index in [-0.39, 0.29) is 28.7 Å². The molecule has 0 saturated carbocycles. The fourth-order valence-corrected chi connectivity index (χ4v) is 2.56. The Labute approximate surface area is 142 Å². The van der Waals surface area contributed by atoms with Crippen molar-refractivity contribution in [3.63, 3.8) is 0 Å². The number of carbonyl (C=O) groups excluding carboxylic acids is 1. The standard InChI is InChI=1S/C20H24O4/c1-12(2)9-14-5-7-16(18(21)10-14)20(23)17-8-6-15(11-19(17)22)24-13(3)4/h5-8,10-13,21-22H,9H2,1-4H3. The van der Waals surface area contributed by atoms with Crippen LogP contribution in [-0.4, -0.2) is 22.1 Å². The molecule has 0 bridgehead atoms. The molecule has 0 radical (unpaired) electrons. The summed E-state index contributed by atoms with van der Waals surface area (Å²) in [6.07, 6.45) is 0.803. The van der Waals surface area contributed by atoms with Gasteiger partial charge in [0.1, 0.15) is 17.2 Å². The van der Waals surface area contributed by atoms with Gasteiger partial charge >= 0.3 is 0 Å². The highest BCUT2D eigenvalue weighted by atomic mass is 16.5. The van der Waals surface area contributed by atoms with Crippen LogP contribution in [0.3, 0.4) is 0 Å². The molecule has 2 N–H and O–H groups in total. The summed E-state index contributed by atoms with van der Waals surface area (Å²) in [6, 6.07) is 9.61. The third-order valence-corrected chi connectivity index (χ3v) is 3.54. The highest BCUT2D eigenvalue weighted by Gasteiger charge is 2.18. The lowest BCUT2D eigenvalue weighted by Gasteiger charge is -2.12. The fraction of sp³-hybridized carbons (Fsp3) is 0.350. The normalized spacial score (nSPS) is 11.1. The second-order valence-corrected chi connectivity index (χ2v) is 6.62. The minimum Gasteiger partial charge on any atom is -0.507 e. The van der Waals surface area contributed by atoms with Crippen LogP contribution in [0.25, 0.3) is 0 Å². The van der Waals surface area contributed by atoms with Crippen molar-refractivity contribution in [3.05, 3.63) is 53.1 Å². The summed E-state index contributed by atoms with van der Waals surface area (Å²) >= 11 is 0. The highest BCUT2D eigenvalue weighted by molar-refractivity contribution is 6.12. The van der Waals surface area contributed by atoms with Crippen LogP contribution < -0.4 is 4.74 Å². The minimum atomic E-state index is -0.419. The second-order valence-electron chi connectivity index (χ2n) is 6.62. The molecule has 0 aliphatic carbocycles. The number of phenols is 2. The van der Waals surface area contributed by atoms with Gasteiger partial charge in [0, 0.05) is 6.07 Å². The zero-order chi connectivity index (χ0) is 17.9. The minimum absolute atomic E-state index is 0.0245. The Balaban J connectivity index is 2.28. The van der Waals surface area contributed by atoms with E-state index in [1.807, 2.05) is 19.9 Å². The van der Waals surface area contributed by atoms with Gasteiger partial charge in [-0.1, -0.05) is 19.9 Å². The largest absolute Gasteiger partial charge is 0.507 e. The SMILES string of the molecule is CC(C)Cc1ccc(C(=O)c2ccc(OC(C)C)cc2O)c(O)c1. The lowest BCUT2D eigenvalue weighted by Crippen LogP contribution is -2.07. The number of rotatable bonds is 6. The van der Waals surface area contributed by atoms with Crippen molar-refractivity contribution in [2.24, 2.45) is 5.92 Å². The zero-order valence-electron chi connectivity index (χ0n) is 14.5. The summed E-state index contributed by atoms with van der Waals surface area (Å²) in [7, 11) is 0. The van der Waals surface area contributed by atoms with Crippen molar-refractivity contribution in [3.8, 4) is 17.2 Å². The van der Waals surface area contributed by atoms with Gasteiger partial charge in [0.25, 0.3) is 0 Å². The van der Waals surface area contributed by atoms with E-state index in [1.54, 1.807) is 18.2 Å². The maximum absolute atomic E-state index is 12.6. The average Bonchev–Trinajstić information content (AvgIpc) is 2.45. The van der Waals surface area contributed by atoms with Crippen LogP contribution in [0, 0.1) is 5.92 Å². The van der Waals surface area contributed by atoms with Gasteiger partial charge in [0.2, 0.25) is 0 Å². The Bertz CT molecular complexity index is 671. The molecule has 0 aromatic heterocycles. The third kappa shape index (κ3) is 4.28. The first-order valence-electron chi connectivity index (χ1n) is 8.14. The van der Waals surface area contributed by atoms with Crippen molar-refractivity contribution in [2.45, 2.75) is 40.2 Å². The number of ether oxygens (including phenoxy) is 1. The van der Waals surface area contributed by atoms with Crippen molar-refractivity contribution < 1.29 is 19.7 Å². The Morgan fingerprint density at radius 3 is 2.04 bits per heavy atom. The third-order valence-electron chi connectivity index (χ3n) is 3.54. The number of hydrogen-bond acceptors (Lipinski definition) is 4. The Kier molecular flexibility index (Phi) is 5.50. The molecule has 0 fully saturated rings. The first-order valence-corrected chi connectivity index (χ1v) is 8.14. The van der Waals surface area contributed by atoms with Crippen LogP contribution in [0.5, 0.6) is 17.2 Å². The topological polar surface area (TPSA) is 66.8 Å². The van der Waals surface area contributed by atoms with Crippen molar-refractivity contribution in [1.82, 2.24) is 0 Å². The Morgan fingerprint density at radius 2 is 1.54 bits per heavy atom. The molecule has 2 aromatic carbocycles. The van der Waals surface area contributed by atoms with Gasteiger partial charge in [-0.3, -0.25) is 4.79 Å². The molecule has 24 heavy (non-hydrogen) atoms.